The Morgan fingerprint density at radius 1 is 1.38 bits per heavy atom. The number of methoxy groups -OCH3 is 1. The van der Waals surface area contributed by atoms with E-state index in [1.165, 1.54) is 0 Å². The fraction of sp³-hybridized carbons (Fsp3) is 0.474. The van der Waals surface area contributed by atoms with Crippen LogP contribution in [0.15, 0.2) is 36.9 Å². The summed E-state index contributed by atoms with van der Waals surface area (Å²) in [5.41, 5.74) is 1.04. The summed E-state index contributed by atoms with van der Waals surface area (Å²) in [4.78, 5) is 18.1. The van der Waals surface area contributed by atoms with Crippen molar-refractivity contribution in [2.24, 2.45) is 0 Å². The lowest BCUT2D eigenvalue weighted by atomic mass is 10.1. The molecule has 7 nitrogen and oxygen atoms in total. The molecular weight excluding hydrogens is 332 g/mol. The molecule has 1 amide bonds. The number of amides is 1. The highest BCUT2D eigenvalue weighted by molar-refractivity contribution is 5.82. The molecule has 2 heterocycles. The zero-order valence-corrected chi connectivity index (χ0v) is 15.4. The molecule has 1 aliphatic heterocycles. The molecular formula is C19H26N4O3. The summed E-state index contributed by atoms with van der Waals surface area (Å²) in [6.07, 6.45) is 6.39. The molecule has 0 bridgehead atoms. The molecule has 1 atom stereocenters. The maximum Gasteiger partial charge on any atom is 0.237 e. The molecule has 140 valence electrons. The topological polar surface area (TPSA) is 68.6 Å². The fourth-order valence-electron chi connectivity index (χ4n) is 3.12. The second-order valence-corrected chi connectivity index (χ2v) is 6.39. The predicted octanol–water partition coefficient (Wildman–Crippen LogP) is 1.68. The van der Waals surface area contributed by atoms with Gasteiger partial charge in [0.1, 0.15) is 0 Å². The lowest BCUT2D eigenvalue weighted by Gasteiger charge is -2.33. The third kappa shape index (κ3) is 4.35. The monoisotopic (exact) mass is 358 g/mol. The fourth-order valence-corrected chi connectivity index (χ4v) is 3.12. The Balaban J connectivity index is 1.66. The molecule has 0 radical (unpaired) electrons. The number of piperazine rings is 1. The van der Waals surface area contributed by atoms with E-state index in [1.54, 1.807) is 19.6 Å². The van der Waals surface area contributed by atoms with Crippen LogP contribution in [0.25, 0.3) is 0 Å². The summed E-state index contributed by atoms with van der Waals surface area (Å²) in [6.45, 7) is 5.52. The van der Waals surface area contributed by atoms with Crippen LogP contribution >= 0.6 is 0 Å². The van der Waals surface area contributed by atoms with Crippen LogP contribution < -0.4 is 14.8 Å². The van der Waals surface area contributed by atoms with Crippen molar-refractivity contribution in [3.63, 3.8) is 0 Å². The predicted molar refractivity (Wildman–Crippen MR) is 98.2 cm³/mol. The van der Waals surface area contributed by atoms with Gasteiger partial charge in [0.05, 0.1) is 26.1 Å². The van der Waals surface area contributed by atoms with E-state index in [9.17, 15) is 4.79 Å². The lowest BCUT2D eigenvalue weighted by molar-refractivity contribution is -0.128. The third-order valence-electron chi connectivity index (χ3n) is 4.65. The quantitative estimate of drug-likeness (QED) is 0.727. The number of hydrogen-bond donors (Lipinski definition) is 1. The maximum atomic E-state index is 11.9. The molecule has 1 aromatic carbocycles. The number of nitrogens with zero attached hydrogens (tertiary/aromatic N) is 3. The maximum absolute atomic E-state index is 11.9. The second-order valence-electron chi connectivity index (χ2n) is 6.39. The number of nitrogens with one attached hydrogen (secondary N) is 1. The molecule has 0 spiro atoms. The minimum atomic E-state index is -0.149. The molecule has 1 saturated heterocycles. The molecule has 1 aromatic heterocycles. The van der Waals surface area contributed by atoms with E-state index in [0.29, 0.717) is 19.7 Å². The minimum Gasteiger partial charge on any atom is -0.493 e. The SMILES string of the molecule is COc1cccc(CN2CCNC(=O)[C@H]2C)c1OCCCn1ccnc1. The van der Waals surface area contributed by atoms with Crippen molar-refractivity contribution in [2.45, 2.75) is 32.5 Å². The molecule has 2 aromatic rings. The zero-order chi connectivity index (χ0) is 18.4. The molecule has 3 rings (SSSR count). The summed E-state index contributed by atoms with van der Waals surface area (Å²) >= 11 is 0. The normalized spacial score (nSPS) is 17.8. The van der Waals surface area contributed by atoms with Gasteiger partial charge in [0, 0.05) is 44.1 Å². The number of benzene rings is 1. The smallest absolute Gasteiger partial charge is 0.237 e. The number of imidazole rings is 1. The minimum absolute atomic E-state index is 0.0712. The van der Waals surface area contributed by atoms with Crippen molar-refractivity contribution in [1.82, 2.24) is 19.8 Å². The number of rotatable bonds is 8. The van der Waals surface area contributed by atoms with E-state index >= 15 is 0 Å². The molecule has 7 heteroatoms. The number of ether oxygens (including phenoxy) is 2. The van der Waals surface area contributed by atoms with Gasteiger partial charge in [-0.15, -0.1) is 0 Å². The van der Waals surface area contributed by atoms with Gasteiger partial charge >= 0.3 is 0 Å². The summed E-state index contributed by atoms with van der Waals surface area (Å²) in [5, 5.41) is 2.90. The number of para-hydroxylation sites is 1. The van der Waals surface area contributed by atoms with E-state index in [2.05, 4.69) is 15.2 Å². The number of aromatic nitrogens is 2. The molecule has 26 heavy (non-hydrogen) atoms. The highest BCUT2D eigenvalue weighted by atomic mass is 16.5. The van der Waals surface area contributed by atoms with Crippen LogP contribution in [-0.4, -0.2) is 53.2 Å². The van der Waals surface area contributed by atoms with E-state index in [0.717, 1.165) is 36.6 Å². The highest BCUT2D eigenvalue weighted by Gasteiger charge is 2.26. The van der Waals surface area contributed by atoms with E-state index in [-0.39, 0.29) is 11.9 Å². The van der Waals surface area contributed by atoms with Gasteiger partial charge in [-0.25, -0.2) is 4.98 Å². The Bertz CT molecular complexity index is 718. The van der Waals surface area contributed by atoms with Gasteiger partial charge in [0.15, 0.2) is 11.5 Å². The van der Waals surface area contributed by atoms with Gasteiger partial charge in [-0.3, -0.25) is 9.69 Å². The van der Waals surface area contributed by atoms with E-state index in [4.69, 9.17) is 9.47 Å². The zero-order valence-electron chi connectivity index (χ0n) is 15.4. The number of carbonyl (C=O) groups is 1. The average molecular weight is 358 g/mol. The lowest BCUT2D eigenvalue weighted by Crippen LogP contribution is -2.53. The first-order valence-corrected chi connectivity index (χ1v) is 8.95. The summed E-state index contributed by atoms with van der Waals surface area (Å²) in [6, 6.07) is 5.75. The largest absolute Gasteiger partial charge is 0.493 e. The molecule has 1 aliphatic rings. The van der Waals surface area contributed by atoms with Crippen molar-refractivity contribution in [2.75, 3.05) is 26.8 Å². The van der Waals surface area contributed by atoms with Crippen LogP contribution in [-0.2, 0) is 17.9 Å². The Hall–Kier alpha value is -2.54. The van der Waals surface area contributed by atoms with Gasteiger partial charge in [0.25, 0.3) is 0 Å². The first kappa shape index (κ1) is 18.3. The highest BCUT2D eigenvalue weighted by Crippen LogP contribution is 2.32. The Kier molecular flexibility index (Phi) is 6.12. The summed E-state index contributed by atoms with van der Waals surface area (Å²) < 4.78 is 13.6. The van der Waals surface area contributed by atoms with Gasteiger partial charge in [0.2, 0.25) is 5.91 Å². The summed E-state index contributed by atoms with van der Waals surface area (Å²) in [7, 11) is 1.65. The van der Waals surface area contributed by atoms with Crippen LogP contribution in [0.2, 0.25) is 0 Å². The number of aryl methyl sites for hydroxylation is 1. The first-order chi connectivity index (χ1) is 12.7. The molecule has 1 fully saturated rings. The molecule has 0 saturated carbocycles. The number of hydrogen-bond acceptors (Lipinski definition) is 5. The Morgan fingerprint density at radius 2 is 2.27 bits per heavy atom. The van der Waals surface area contributed by atoms with Crippen molar-refractivity contribution >= 4 is 5.91 Å². The van der Waals surface area contributed by atoms with E-state index in [1.807, 2.05) is 35.9 Å². The molecule has 0 aliphatic carbocycles. The average Bonchev–Trinajstić information content (AvgIpc) is 3.16. The van der Waals surface area contributed by atoms with Crippen LogP contribution in [0.4, 0.5) is 0 Å². The van der Waals surface area contributed by atoms with Crippen LogP contribution in [0.1, 0.15) is 18.9 Å². The molecule has 1 N–H and O–H groups in total. The second kappa shape index (κ2) is 8.71. The van der Waals surface area contributed by atoms with Gasteiger partial charge < -0.3 is 19.4 Å². The van der Waals surface area contributed by atoms with Crippen LogP contribution in [0, 0.1) is 0 Å². The Morgan fingerprint density at radius 3 is 3.04 bits per heavy atom. The van der Waals surface area contributed by atoms with Crippen molar-refractivity contribution in [3.8, 4) is 11.5 Å². The van der Waals surface area contributed by atoms with Crippen molar-refractivity contribution in [3.05, 3.63) is 42.5 Å². The summed E-state index contributed by atoms with van der Waals surface area (Å²) in [5.74, 6) is 1.56. The van der Waals surface area contributed by atoms with Crippen LogP contribution in [0.5, 0.6) is 11.5 Å². The van der Waals surface area contributed by atoms with Gasteiger partial charge in [-0.1, -0.05) is 12.1 Å². The van der Waals surface area contributed by atoms with Gasteiger partial charge in [-0.2, -0.15) is 0 Å². The van der Waals surface area contributed by atoms with Crippen LogP contribution in [0.3, 0.4) is 0 Å². The Labute approximate surface area is 153 Å². The number of carbonyl (C=O) groups excluding carboxylic acids is 1. The van der Waals surface area contributed by atoms with Crippen molar-refractivity contribution in [1.29, 1.82) is 0 Å². The first-order valence-electron chi connectivity index (χ1n) is 8.95. The third-order valence-corrected chi connectivity index (χ3v) is 4.65. The van der Waals surface area contributed by atoms with Gasteiger partial charge in [-0.05, 0) is 19.4 Å². The van der Waals surface area contributed by atoms with E-state index < -0.39 is 0 Å². The standard InChI is InChI=1S/C19H26N4O3/c1-15-19(24)21-8-11-23(15)13-16-5-3-6-17(25-2)18(16)26-12-4-9-22-10-7-20-14-22/h3,5-7,10,14-15H,4,8-9,11-13H2,1-2H3,(H,21,24)/t15-/m1/s1. The van der Waals surface area contributed by atoms with Crippen molar-refractivity contribution < 1.29 is 14.3 Å². The molecule has 0 unspecified atom stereocenters.